The zero-order valence-corrected chi connectivity index (χ0v) is 55.6. The highest BCUT2D eigenvalue weighted by Gasteiger charge is 2.30. The summed E-state index contributed by atoms with van der Waals surface area (Å²) >= 11 is 0. The molecule has 0 aromatic carbocycles. The van der Waals surface area contributed by atoms with Crippen LogP contribution in [-0.4, -0.2) is 96.7 Å². The molecule has 19 heteroatoms. The first-order chi connectivity index (χ1) is 40.2. The van der Waals surface area contributed by atoms with Gasteiger partial charge in [0.05, 0.1) is 26.4 Å². The molecule has 0 fully saturated rings. The lowest BCUT2D eigenvalue weighted by atomic mass is 10.0. The number of aliphatic hydroxyl groups excluding tert-OH is 1. The van der Waals surface area contributed by atoms with E-state index >= 15 is 0 Å². The molecule has 2 unspecified atom stereocenters. The minimum Gasteiger partial charge on any atom is -0.462 e. The number of carbonyl (C=O) groups excluding carboxylic acids is 4. The van der Waals surface area contributed by atoms with Gasteiger partial charge in [0.15, 0.2) is 12.2 Å². The van der Waals surface area contributed by atoms with E-state index in [1.54, 1.807) is 0 Å². The van der Waals surface area contributed by atoms with Gasteiger partial charge in [-0.15, -0.1) is 0 Å². The maximum Gasteiger partial charge on any atom is 0.472 e. The zero-order valence-electron chi connectivity index (χ0n) is 53.8. The highest BCUT2D eigenvalue weighted by Crippen LogP contribution is 2.45. The topological polar surface area (TPSA) is 237 Å². The molecule has 0 bridgehead atoms. The van der Waals surface area contributed by atoms with E-state index in [0.29, 0.717) is 43.4 Å². The van der Waals surface area contributed by atoms with Crippen molar-refractivity contribution in [1.82, 2.24) is 0 Å². The van der Waals surface area contributed by atoms with Crippen LogP contribution in [0.25, 0.3) is 0 Å². The lowest BCUT2D eigenvalue weighted by Gasteiger charge is -2.21. The van der Waals surface area contributed by atoms with Gasteiger partial charge in [0.25, 0.3) is 0 Å². The van der Waals surface area contributed by atoms with Crippen molar-refractivity contribution in [3.63, 3.8) is 0 Å². The molecular formula is C65H122O17P2. The van der Waals surface area contributed by atoms with Gasteiger partial charge in [-0.25, -0.2) is 9.13 Å². The summed E-state index contributed by atoms with van der Waals surface area (Å²) in [6, 6.07) is 0. The molecule has 0 aliphatic carbocycles. The second-order valence-electron chi connectivity index (χ2n) is 24.2. The first kappa shape index (κ1) is 81.5. The summed E-state index contributed by atoms with van der Waals surface area (Å²) in [7, 11) is -9.90. The number of aliphatic hydroxyl groups is 1. The predicted molar refractivity (Wildman–Crippen MR) is 335 cm³/mol. The number of hydrogen-bond donors (Lipinski definition) is 3. The van der Waals surface area contributed by atoms with Gasteiger partial charge in [-0.1, -0.05) is 240 Å². The van der Waals surface area contributed by atoms with Crippen molar-refractivity contribution in [1.29, 1.82) is 0 Å². The normalized spacial score (nSPS) is 14.5. The van der Waals surface area contributed by atoms with E-state index in [1.165, 1.54) is 77.0 Å². The molecule has 0 saturated carbocycles. The molecule has 3 N–H and O–H groups in total. The van der Waals surface area contributed by atoms with Crippen molar-refractivity contribution in [3.8, 4) is 0 Å². The maximum atomic E-state index is 13.0. The molecule has 0 rings (SSSR count). The highest BCUT2D eigenvalue weighted by atomic mass is 31.2. The number of esters is 4. The van der Waals surface area contributed by atoms with Gasteiger partial charge in [0, 0.05) is 25.7 Å². The number of ether oxygens (including phenoxy) is 4. The number of rotatable bonds is 61. The van der Waals surface area contributed by atoms with E-state index in [-0.39, 0.29) is 25.7 Å². The van der Waals surface area contributed by atoms with Crippen LogP contribution >= 0.6 is 15.6 Å². The van der Waals surface area contributed by atoms with E-state index in [1.807, 2.05) is 0 Å². The summed E-state index contributed by atoms with van der Waals surface area (Å²) in [6.07, 6.45) is 40.1. The van der Waals surface area contributed by atoms with Crippen LogP contribution in [0.4, 0.5) is 0 Å². The molecule has 0 spiro atoms. The van der Waals surface area contributed by atoms with Gasteiger partial charge >= 0.3 is 39.5 Å². The fraction of sp³-hybridized carbons (Fsp3) is 0.877. The second kappa shape index (κ2) is 55.8. The third-order valence-electron chi connectivity index (χ3n) is 14.3. The molecule has 17 nitrogen and oxygen atoms in total. The van der Waals surface area contributed by atoms with E-state index in [2.05, 4.69) is 72.8 Å². The van der Waals surface area contributed by atoms with Gasteiger partial charge < -0.3 is 33.8 Å². The molecule has 0 aromatic rings. The van der Waals surface area contributed by atoms with Crippen LogP contribution in [0, 0.1) is 17.8 Å². The maximum absolute atomic E-state index is 13.0. The van der Waals surface area contributed by atoms with Crippen LogP contribution in [0.2, 0.25) is 0 Å². The van der Waals surface area contributed by atoms with Crippen LogP contribution in [-0.2, 0) is 65.4 Å². The highest BCUT2D eigenvalue weighted by molar-refractivity contribution is 7.47. The van der Waals surface area contributed by atoms with Crippen LogP contribution in [0.5, 0.6) is 0 Å². The Labute approximate surface area is 510 Å². The van der Waals surface area contributed by atoms with Crippen molar-refractivity contribution in [2.75, 3.05) is 39.6 Å². The molecule has 0 saturated heterocycles. The van der Waals surface area contributed by atoms with Gasteiger partial charge in [0.1, 0.15) is 19.3 Å². The van der Waals surface area contributed by atoms with Crippen molar-refractivity contribution in [2.45, 2.75) is 311 Å². The first-order valence-electron chi connectivity index (χ1n) is 33.2. The third-order valence-corrected chi connectivity index (χ3v) is 16.2. The summed E-state index contributed by atoms with van der Waals surface area (Å²) in [5.41, 5.74) is 0. The minimum atomic E-state index is -4.95. The zero-order chi connectivity index (χ0) is 62.4. The molecule has 0 heterocycles. The number of hydrogen-bond acceptors (Lipinski definition) is 15. The van der Waals surface area contributed by atoms with Gasteiger partial charge in [-0.3, -0.25) is 37.3 Å². The lowest BCUT2D eigenvalue weighted by Crippen LogP contribution is -2.30. The average molecular weight is 1240 g/mol. The van der Waals surface area contributed by atoms with Crippen molar-refractivity contribution in [3.05, 3.63) is 24.3 Å². The molecule has 494 valence electrons. The Morgan fingerprint density at radius 2 is 0.643 bits per heavy atom. The number of allylic oxidation sites excluding steroid dienone is 4. The Balaban J connectivity index is 5.27. The van der Waals surface area contributed by atoms with Crippen LogP contribution in [0.1, 0.15) is 292 Å². The number of phosphoric ester groups is 2. The van der Waals surface area contributed by atoms with Gasteiger partial charge in [-0.05, 0) is 69.1 Å². The summed E-state index contributed by atoms with van der Waals surface area (Å²) in [5, 5.41) is 10.5. The van der Waals surface area contributed by atoms with Crippen LogP contribution in [0.15, 0.2) is 24.3 Å². The van der Waals surface area contributed by atoms with E-state index in [9.17, 15) is 43.2 Å². The first-order valence-corrected chi connectivity index (χ1v) is 36.2. The summed E-state index contributed by atoms with van der Waals surface area (Å²) < 4.78 is 67.9. The van der Waals surface area contributed by atoms with Crippen LogP contribution in [0.3, 0.4) is 0 Å². The van der Waals surface area contributed by atoms with Gasteiger partial charge in [0.2, 0.25) is 0 Å². The Kier molecular flexibility index (Phi) is 54.2. The third kappa shape index (κ3) is 58.6. The Hall–Kier alpha value is -2.46. The quantitative estimate of drug-likeness (QED) is 0.0169. The van der Waals surface area contributed by atoms with Crippen molar-refractivity contribution in [2.24, 2.45) is 17.8 Å². The second-order valence-corrected chi connectivity index (χ2v) is 27.2. The molecule has 0 aliphatic heterocycles. The molecule has 0 amide bonds. The predicted octanol–water partition coefficient (Wildman–Crippen LogP) is 17.4. The largest absolute Gasteiger partial charge is 0.472 e. The van der Waals surface area contributed by atoms with E-state index < -0.39 is 97.5 Å². The summed E-state index contributed by atoms with van der Waals surface area (Å²) in [4.78, 5) is 72.2. The molecule has 0 radical (unpaired) electrons. The van der Waals surface area contributed by atoms with Crippen molar-refractivity contribution >= 4 is 39.5 Å². The Morgan fingerprint density at radius 3 is 0.964 bits per heavy atom. The average Bonchev–Trinajstić information content (AvgIpc) is 3.54. The van der Waals surface area contributed by atoms with E-state index in [4.69, 9.17) is 37.0 Å². The monoisotopic (exact) mass is 1240 g/mol. The lowest BCUT2D eigenvalue weighted by molar-refractivity contribution is -0.161. The van der Waals surface area contributed by atoms with Crippen LogP contribution < -0.4 is 0 Å². The fourth-order valence-electron chi connectivity index (χ4n) is 9.12. The fourth-order valence-corrected chi connectivity index (χ4v) is 10.7. The van der Waals surface area contributed by atoms with Crippen molar-refractivity contribution < 1.29 is 80.2 Å². The molecule has 5 atom stereocenters. The molecular weight excluding hydrogens is 1110 g/mol. The summed E-state index contributed by atoms with van der Waals surface area (Å²) in [5.74, 6) is -0.0966. The minimum absolute atomic E-state index is 0.0834. The smallest absolute Gasteiger partial charge is 0.462 e. The number of carbonyl (C=O) groups is 4. The Morgan fingerprint density at radius 1 is 0.369 bits per heavy atom. The molecule has 0 aromatic heterocycles. The van der Waals surface area contributed by atoms with Gasteiger partial charge in [-0.2, -0.15) is 0 Å². The molecule has 0 aliphatic rings. The Bertz CT molecular complexity index is 1760. The van der Waals surface area contributed by atoms with E-state index in [0.717, 1.165) is 116 Å². The number of phosphoric acid groups is 2. The molecule has 84 heavy (non-hydrogen) atoms. The number of unbranched alkanes of at least 4 members (excludes halogenated alkanes) is 26. The summed E-state index contributed by atoms with van der Waals surface area (Å²) in [6.45, 7) is 11.5. The SMILES string of the molecule is CCCCCC/C=C\C=C/CCCCCCCC(=O)O[C@H](COC(=O)CCCCCCCCCC(C)C)COP(=O)(O)OC[C@@H](O)COP(=O)(O)OC[C@@H](COC(=O)CCCCCCCCC(C)C)OC(=O)CCCCCCCCCC(C)C. The standard InChI is InChI=1S/C65H122O17P2/c1-8-9-10-11-12-13-14-15-16-17-18-19-24-34-41-48-64(69)81-60(52-75-62(67)46-39-32-25-20-22-29-36-43-56(2)3)54-79-83(71,72)77-50-59(66)51-78-84(73,74)80-55-61(53-76-63(68)47-40-33-28-27-31-38-45-58(6)7)82-65(70)49-42-35-26-21-23-30-37-44-57(4)5/h13-16,56-61,66H,8-12,17-55H2,1-7H3,(H,71,72)(H,73,74)/b14-13-,16-15-/t59-,60-,61-/m1/s1.